The summed E-state index contributed by atoms with van der Waals surface area (Å²) >= 11 is 0. The number of rotatable bonds is 5. The number of ether oxygens (including phenoxy) is 1. The van der Waals surface area contributed by atoms with Crippen LogP contribution in [0.2, 0.25) is 0 Å². The Labute approximate surface area is 117 Å². The molecule has 1 aromatic rings. The molecule has 0 fully saturated rings. The predicted molar refractivity (Wildman–Crippen MR) is 73.5 cm³/mol. The van der Waals surface area contributed by atoms with Crippen LogP contribution in [0.4, 0.5) is 0 Å². The highest BCUT2D eigenvalue weighted by atomic mass is 16.5. The fourth-order valence-electron chi connectivity index (χ4n) is 2.26. The summed E-state index contributed by atoms with van der Waals surface area (Å²) in [5, 5.41) is 11.8. The van der Waals surface area contributed by atoms with E-state index in [4.69, 9.17) is 9.84 Å². The first-order chi connectivity index (χ1) is 9.49. The number of nitrogens with one attached hydrogen (secondary N) is 1. The Morgan fingerprint density at radius 3 is 2.70 bits per heavy atom. The molecule has 1 aromatic carbocycles. The van der Waals surface area contributed by atoms with E-state index in [0.717, 1.165) is 11.3 Å². The maximum atomic E-state index is 12.0. The SMILES string of the molecule is CC(C)C(CNC(=O)C1Cc2ccccc2O1)C(=O)O. The first-order valence-corrected chi connectivity index (χ1v) is 6.74. The van der Waals surface area contributed by atoms with Gasteiger partial charge in [-0.05, 0) is 17.5 Å². The van der Waals surface area contributed by atoms with Gasteiger partial charge in [-0.3, -0.25) is 9.59 Å². The molecular weight excluding hydrogens is 258 g/mol. The third-order valence-corrected chi connectivity index (χ3v) is 3.56. The molecule has 0 bridgehead atoms. The number of hydrogen-bond acceptors (Lipinski definition) is 3. The minimum Gasteiger partial charge on any atom is -0.481 e. The first kappa shape index (κ1) is 14.4. The van der Waals surface area contributed by atoms with Gasteiger partial charge in [0.2, 0.25) is 0 Å². The van der Waals surface area contributed by atoms with Gasteiger partial charge >= 0.3 is 5.97 Å². The number of carbonyl (C=O) groups excluding carboxylic acids is 1. The number of carboxylic acids is 1. The van der Waals surface area contributed by atoms with Crippen LogP contribution < -0.4 is 10.1 Å². The lowest BCUT2D eigenvalue weighted by Gasteiger charge is -2.18. The molecule has 1 aliphatic heterocycles. The summed E-state index contributed by atoms with van der Waals surface area (Å²) in [6.45, 7) is 3.78. The van der Waals surface area contributed by atoms with Crippen LogP contribution in [-0.4, -0.2) is 29.6 Å². The van der Waals surface area contributed by atoms with E-state index >= 15 is 0 Å². The summed E-state index contributed by atoms with van der Waals surface area (Å²) < 4.78 is 5.56. The van der Waals surface area contributed by atoms with Crippen molar-refractivity contribution in [3.05, 3.63) is 29.8 Å². The van der Waals surface area contributed by atoms with E-state index in [-0.39, 0.29) is 18.4 Å². The van der Waals surface area contributed by atoms with Gasteiger partial charge in [0.15, 0.2) is 6.10 Å². The Morgan fingerprint density at radius 1 is 1.40 bits per heavy atom. The van der Waals surface area contributed by atoms with Gasteiger partial charge < -0.3 is 15.2 Å². The van der Waals surface area contributed by atoms with E-state index in [1.54, 1.807) is 0 Å². The van der Waals surface area contributed by atoms with E-state index in [1.807, 2.05) is 38.1 Å². The van der Waals surface area contributed by atoms with Crippen LogP contribution in [-0.2, 0) is 16.0 Å². The molecule has 1 amide bonds. The number of aliphatic carboxylic acids is 1. The third kappa shape index (κ3) is 3.10. The lowest BCUT2D eigenvalue weighted by Crippen LogP contribution is -2.42. The van der Waals surface area contributed by atoms with Crippen LogP contribution in [0.5, 0.6) is 5.75 Å². The second-order valence-electron chi connectivity index (χ2n) is 5.35. The molecule has 0 aromatic heterocycles. The van der Waals surface area contributed by atoms with Crippen molar-refractivity contribution in [3.8, 4) is 5.75 Å². The number of amides is 1. The first-order valence-electron chi connectivity index (χ1n) is 6.74. The molecule has 5 heteroatoms. The van der Waals surface area contributed by atoms with Crippen LogP contribution in [0.15, 0.2) is 24.3 Å². The highest BCUT2D eigenvalue weighted by molar-refractivity contribution is 5.83. The van der Waals surface area contributed by atoms with Gasteiger partial charge in [-0.2, -0.15) is 0 Å². The lowest BCUT2D eigenvalue weighted by atomic mass is 9.96. The number of benzene rings is 1. The van der Waals surface area contributed by atoms with Crippen molar-refractivity contribution in [1.29, 1.82) is 0 Å². The summed E-state index contributed by atoms with van der Waals surface area (Å²) in [6, 6.07) is 7.52. The van der Waals surface area contributed by atoms with E-state index < -0.39 is 18.0 Å². The van der Waals surface area contributed by atoms with Gasteiger partial charge in [0.25, 0.3) is 5.91 Å². The van der Waals surface area contributed by atoms with Crippen molar-refractivity contribution in [3.63, 3.8) is 0 Å². The summed E-state index contributed by atoms with van der Waals surface area (Å²) in [4.78, 5) is 23.1. The molecule has 0 radical (unpaired) electrons. The van der Waals surface area contributed by atoms with Gasteiger partial charge in [0, 0.05) is 13.0 Å². The van der Waals surface area contributed by atoms with Crippen molar-refractivity contribution >= 4 is 11.9 Å². The molecular formula is C15H19NO4. The number of fused-ring (bicyclic) bond motifs is 1. The molecule has 1 aliphatic rings. The summed E-state index contributed by atoms with van der Waals surface area (Å²) in [7, 11) is 0. The Morgan fingerprint density at radius 2 is 2.10 bits per heavy atom. The Bertz CT molecular complexity index is 487. The van der Waals surface area contributed by atoms with E-state index in [0.29, 0.717) is 6.42 Å². The maximum absolute atomic E-state index is 12.0. The minimum atomic E-state index is -0.893. The topological polar surface area (TPSA) is 75.6 Å². The summed E-state index contributed by atoms with van der Waals surface area (Å²) in [5.41, 5.74) is 1.01. The zero-order valence-electron chi connectivity index (χ0n) is 11.6. The van der Waals surface area contributed by atoms with Crippen LogP contribution >= 0.6 is 0 Å². The Balaban J connectivity index is 1.90. The zero-order chi connectivity index (χ0) is 14.7. The van der Waals surface area contributed by atoms with Gasteiger partial charge in [-0.15, -0.1) is 0 Å². The maximum Gasteiger partial charge on any atom is 0.308 e. The second-order valence-corrected chi connectivity index (χ2v) is 5.35. The highest BCUT2D eigenvalue weighted by Gasteiger charge is 2.30. The molecule has 108 valence electrons. The van der Waals surface area contributed by atoms with Gasteiger partial charge in [-0.25, -0.2) is 0 Å². The minimum absolute atomic E-state index is 0.0329. The normalized spacial score (nSPS) is 18.2. The smallest absolute Gasteiger partial charge is 0.308 e. The number of carboxylic acid groups (broad SMARTS) is 1. The van der Waals surface area contributed by atoms with E-state index in [9.17, 15) is 9.59 Å². The average Bonchev–Trinajstić information content (AvgIpc) is 2.81. The van der Waals surface area contributed by atoms with E-state index in [2.05, 4.69) is 5.32 Å². The molecule has 2 atom stereocenters. The van der Waals surface area contributed by atoms with Gasteiger partial charge in [0.1, 0.15) is 5.75 Å². The number of para-hydroxylation sites is 1. The molecule has 0 aliphatic carbocycles. The largest absolute Gasteiger partial charge is 0.481 e. The van der Waals surface area contributed by atoms with Crippen LogP contribution in [0.3, 0.4) is 0 Å². The lowest BCUT2D eigenvalue weighted by molar-refractivity contribution is -0.143. The van der Waals surface area contributed by atoms with Gasteiger partial charge in [0.05, 0.1) is 5.92 Å². The molecule has 0 saturated heterocycles. The molecule has 0 saturated carbocycles. The third-order valence-electron chi connectivity index (χ3n) is 3.56. The van der Waals surface area contributed by atoms with Crippen molar-refractivity contribution in [2.75, 3.05) is 6.54 Å². The Kier molecular flexibility index (Phi) is 4.27. The van der Waals surface area contributed by atoms with Crippen LogP contribution in [0.1, 0.15) is 19.4 Å². The number of carbonyl (C=O) groups is 2. The monoisotopic (exact) mass is 277 g/mol. The Hall–Kier alpha value is -2.04. The molecule has 0 spiro atoms. The average molecular weight is 277 g/mol. The fraction of sp³-hybridized carbons (Fsp3) is 0.467. The summed E-state index contributed by atoms with van der Waals surface area (Å²) in [5.74, 6) is -1.03. The zero-order valence-corrected chi connectivity index (χ0v) is 11.6. The highest BCUT2D eigenvalue weighted by Crippen LogP contribution is 2.28. The van der Waals surface area contributed by atoms with Gasteiger partial charge in [-0.1, -0.05) is 32.0 Å². The second kappa shape index (κ2) is 5.94. The van der Waals surface area contributed by atoms with Crippen molar-refractivity contribution in [1.82, 2.24) is 5.32 Å². The van der Waals surface area contributed by atoms with Crippen LogP contribution in [0, 0.1) is 11.8 Å². The molecule has 1 heterocycles. The molecule has 5 nitrogen and oxygen atoms in total. The van der Waals surface area contributed by atoms with Crippen molar-refractivity contribution < 1.29 is 19.4 Å². The molecule has 20 heavy (non-hydrogen) atoms. The standard InChI is InChI=1S/C15H19NO4/c1-9(2)11(15(18)19)8-16-14(17)13-7-10-5-3-4-6-12(10)20-13/h3-6,9,11,13H,7-8H2,1-2H3,(H,16,17)(H,18,19). The van der Waals surface area contributed by atoms with Crippen molar-refractivity contribution in [2.24, 2.45) is 11.8 Å². The van der Waals surface area contributed by atoms with E-state index in [1.165, 1.54) is 0 Å². The quantitative estimate of drug-likeness (QED) is 0.854. The predicted octanol–water partition coefficient (Wildman–Crippen LogP) is 1.46. The van der Waals surface area contributed by atoms with Crippen molar-refractivity contribution in [2.45, 2.75) is 26.4 Å². The van der Waals surface area contributed by atoms with Crippen LogP contribution in [0.25, 0.3) is 0 Å². The summed E-state index contributed by atoms with van der Waals surface area (Å²) in [6.07, 6.45) is -0.0319. The fourth-order valence-corrected chi connectivity index (χ4v) is 2.26. The number of hydrogen-bond donors (Lipinski definition) is 2. The molecule has 2 N–H and O–H groups in total. The molecule has 2 unspecified atom stereocenters. The molecule has 2 rings (SSSR count).